The number of amides is 1. The molecule has 0 aromatic rings. The molecule has 2 heterocycles. The number of carbonyl (C=O) groups excluding carboxylic acids is 1. The van der Waals surface area contributed by atoms with Crippen LogP contribution in [0, 0.1) is 11.8 Å². The van der Waals surface area contributed by atoms with Gasteiger partial charge in [0.05, 0.1) is 0 Å². The molecular formula is C18H34N2O. The lowest BCUT2D eigenvalue weighted by atomic mass is 9.85. The number of hydrogen-bond acceptors (Lipinski definition) is 2. The second kappa shape index (κ2) is 7.62. The molecule has 2 unspecified atom stereocenters. The van der Waals surface area contributed by atoms with E-state index in [1.54, 1.807) is 0 Å². The van der Waals surface area contributed by atoms with Gasteiger partial charge in [-0.2, -0.15) is 0 Å². The lowest BCUT2D eigenvalue weighted by molar-refractivity contribution is -0.135. The Bertz CT molecular complexity index is 340. The van der Waals surface area contributed by atoms with Crippen LogP contribution in [0.15, 0.2) is 0 Å². The van der Waals surface area contributed by atoms with E-state index in [0.29, 0.717) is 17.7 Å². The van der Waals surface area contributed by atoms with E-state index >= 15 is 0 Å². The highest BCUT2D eigenvalue weighted by Gasteiger charge is 2.50. The summed E-state index contributed by atoms with van der Waals surface area (Å²) in [5.74, 6) is 1.72. The summed E-state index contributed by atoms with van der Waals surface area (Å²) in [7, 11) is 0. The average molecular weight is 294 g/mol. The summed E-state index contributed by atoms with van der Waals surface area (Å²) in [4.78, 5) is 14.7. The SMILES string of the molecule is CCCCCCCCCC(=O)N1CC2CNCC2C1(C)C. The van der Waals surface area contributed by atoms with E-state index in [9.17, 15) is 4.79 Å². The van der Waals surface area contributed by atoms with Gasteiger partial charge < -0.3 is 10.2 Å². The molecule has 0 aliphatic carbocycles. The number of fused-ring (bicyclic) bond motifs is 1. The Kier molecular flexibility index (Phi) is 6.09. The Hall–Kier alpha value is -0.570. The molecule has 3 heteroatoms. The topological polar surface area (TPSA) is 32.3 Å². The van der Waals surface area contributed by atoms with Crippen LogP contribution < -0.4 is 5.32 Å². The number of likely N-dealkylation sites (tertiary alicyclic amines) is 1. The molecule has 0 bridgehead atoms. The third-order valence-electron chi connectivity index (χ3n) is 5.66. The zero-order valence-corrected chi connectivity index (χ0v) is 14.3. The van der Waals surface area contributed by atoms with Crippen LogP contribution >= 0.6 is 0 Å². The van der Waals surface area contributed by atoms with Crippen molar-refractivity contribution in [1.82, 2.24) is 10.2 Å². The molecular weight excluding hydrogens is 260 g/mol. The minimum Gasteiger partial charge on any atom is -0.337 e. The van der Waals surface area contributed by atoms with Crippen molar-refractivity contribution in [1.29, 1.82) is 0 Å². The van der Waals surface area contributed by atoms with Crippen LogP contribution in [-0.4, -0.2) is 36.0 Å². The molecule has 2 rings (SSSR count). The molecule has 2 fully saturated rings. The van der Waals surface area contributed by atoms with Crippen molar-refractivity contribution in [2.24, 2.45) is 11.8 Å². The zero-order valence-electron chi connectivity index (χ0n) is 14.3. The number of carbonyl (C=O) groups is 1. The highest BCUT2D eigenvalue weighted by atomic mass is 16.2. The van der Waals surface area contributed by atoms with E-state index in [1.807, 2.05) is 0 Å². The molecule has 3 nitrogen and oxygen atoms in total. The second-order valence-corrected chi connectivity index (χ2v) is 7.55. The first-order valence-electron chi connectivity index (χ1n) is 9.08. The molecule has 0 aromatic heterocycles. The number of rotatable bonds is 8. The van der Waals surface area contributed by atoms with Crippen LogP contribution in [-0.2, 0) is 4.79 Å². The fourth-order valence-corrected chi connectivity index (χ4v) is 4.21. The van der Waals surface area contributed by atoms with Crippen LogP contribution in [0.3, 0.4) is 0 Å². The lowest BCUT2D eigenvalue weighted by Crippen LogP contribution is -2.47. The van der Waals surface area contributed by atoms with Gasteiger partial charge in [0.1, 0.15) is 0 Å². The molecule has 2 atom stereocenters. The Balaban J connectivity index is 1.67. The van der Waals surface area contributed by atoms with Gasteiger partial charge in [-0.15, -0.1) is 0 Å². The van der Waals surface area contributed by atoms with Crippen LogP contribution in [0.2, 0.25) is 0 Å². The Morgan fingerprint density at radius 2 is 1.76 bits per heavy atom. The highest BCUT2D eigenvalue weighted by Crippen LogP contribution is 2.40. The van der Waals surface area contributed by atoms with Crippen molar-refractivity contribution < 1.29 is 4.79 Å². The molecule has 0 radical (unpaired) electrons. The first kappa shape index (κ1) is 16.8. The third-order valence-corrected chi connectivity index (χ3v) is 5.66. The quantitative estimate of drug-likeness (QED) is 0.694. The van der Waals surface area contributed by atoms with Crippen LogP contribution in [0.5, 0.6) is 0 Å². The van der Waals surface area contributed by atoms with E-state index in [4.69, 9.17) is 0 Å². The smallest absolute Gasteiger partial charge is 0.223 e. The number of hydrogen-bond donors (Lipinski definition) is 1. The van der Waals surface area contributed by atoms with E-state index in [0.717, 1.165) is 32.5 Å². The van der Waals surface area contributed by atoms with Gasteiger partial charge in [-0.3, -0.25) is 4.79 Å². The standard InChI is InChI=1S/C18H34N2O/c1-4-5-6-7-8-9-10-11-17(21)20-14-15-12-19-13-16(15)18(20,2)3/h15-16,19H,4-14H2,1-3H3. The van der Waals surface area contributed by atoms with Crippen molar-refractivity contribution >= 4 is 5.91 Å². The molecule has 122 valence electrons. The molecule has 1 N–H and O–H groups in total. The summed E-state index contributed by atoms with van der Waals surface area (Å²) in [6.07, 6.45) is 9.71. The van der Waals surface area contributed by atoms with Crippen molar-refractivity contribution in [3.05, 3.63) is 0 Å². The van der Waals surface area contributed by atoms with Crippen molar-refractivity contribution in [2.45, 2.75) is 77.7 Å². The number of unbranched alkanes of at least 4 members (excludes halogenated alkanes) is 6. The van der Waals surface area contributed by atoms with Gasteiger partial charge in [0.25, 0.3) is 0 Å². The maximum atomic E-state index is 12.5. The van der Waals surface area contributed by atoms with Gasteiger partial charge in [-0.05, 0) is 32.1 Å². The Labute approximate surface area is 130 Å². The maximum absolute atomic E-state index is 12.5. The Morgan fingerprint density at radius 3 is 2.43 bits per heavy atom. The molecule has 0 spiro atoms. The highest BCUT2D eigenvalue weighted by molar-refractivity contribution is 5.77. The summed E-state index contributed by atoms with van der Waals surface area (Å²) in [5.41, 5.74) is 0.0480. The summed E-state index contributed by atoms with van der Waals surface area (Å²) in [6.45, 7) is 9.91. The van der Waals surface area contributed by atoms with Gasteiger partial charge in [-0.25, -0.2) is 0 Å². The molecule has 2 aliphatic rings. The first-order valence-corrected chi connectivity index (χ1v) is 9.08. The molecule has 21 heavy (non-hydrogen) atoms. The fourth-order valence-electron chi connectivity index (χ4n) is 4.21. The predicted molar refractivity (Wildman–Crippen MR) is 88.3 cm³/mol. The normalized spacial score (nSPS) is 27.1. The van der Waals surface area contributed by atoms with E-state index < -0.39 is 0 Å². The van der Waals surface area contributed by atoms with E-state index in [-0.39, 0.29) is 5.54 Å². The number of nitrogens with one attached hydrogen (secondary N) is 1. The van der Waals surface area contributed by atoms with Crippen molar-refractivity contribution in [2.75, 3.05) is 19.6 Å². The monoisotopic (exact) mass is 294 g/mol. The second-order valence-electron chi connectivity index (χ2n) is 7.55. The van der Waals surface area contributed by atoms with Gasteiger partial charge in [-0.1, -0.05) is 45.4 Å². The molecule has 0 saturated carbocycles. The van der Waals surface area contributed by atoms with Gasteiger partial charge in [0, 0.05) is 31.6 Å². The van der Waals surface area contributed by atoms with Gasteiger partial charge >= 0.3 is 0 Å². The molecule has 0 aromatic carbocycles. The van der Waals surface area contributed by atoms with Gasteiger partial charge in [0.15, 0.2) is 0 Å². The minimum absolute atomic E-state index is 0.0480. The van der Waals surface area contributed by atoms with Crippen LogP contribution in [0.4, 0.5) is 0 Å². The summed E-state index contributed by atoms with van der Waals surface area (Å²) >= 11 is 0. The van der Waals surface area contributed by atoms with E-state index in [2.05, 4.69) is 31.0 Å². The third kappa shape index (κ3) is 4.00. The van der Waals surface area contributed by atoms with Crippen LogP contribution in [0.1, 0.15) is 72.1 Å². The maximum Gasteiger partial charge on any atom is 0.223 e. The van der Waals surface area contributed by atoms with Crippen LogP contribution in [0.25, 0.3) is 0 Å². The molecule has 2 saturated heterocycles. The Morgan fingerprint density at radius 1 is 1.10 bits per heavy atom. The molecule has 2 aliphatic heterocycles. The summed E-state index contributed by atoms with van der Waals surface area (Å²) in [5, 5.41) is 3.48. The largest absolute Gasteiger partial charge is 0.337 e. The van der Waals surface area contributed by atoms with Crippen molar-refractivity contribution in [3.8, 4) is 0 Å². The fraction of sp³-hybridized carbons (Fsp3) is 0.944. The zero-order chi connectivity index (χ0) is 15.3. The minimum atomic E-state index is 0.0480. The van der Waals surface area contributed by atoms with Crippen molar-refractivity contribution in [3.63, 3.8) is 0 Å². The summed E-state index contributed by atoms with van der Waals surface area (Å²) in [6, 6.07) is 0. The van der Waals surface area contributed by atoms with E-state index in [1.165, 1.54) is 38.5 Å². The predicted octanol–water partition coefficient (Wildman–Crippen LogP) is 3.58. The number of nitrogens with zero attached hydrogens (tertiary/aromatic N) is 1. The molecule has 1 amide bonds. The summed E-state index contributed by atoms with van der Waals surface area (Å²) < 4.78 is 0. The average Bonchev–Trinajstić information content (AvgIpc) is 3.00. The first-order chi connectivity index (χ1) is 10.1. The lowest BCUT2D eigenvalue weighted by Gasteiger charge is -2.35. The van der Waals surface area contributed by atoms with Gasteiger partial charge in [0.2, 0.25) is 5.91 Å².